The maximum atomic E-state index is 10.8. The molecule has 76 valence electrons. The van der Waals surface area contributed by atoms with Gasteiger partial charge in [-0.1, -0.05) is 0 Å². The lowest BCUT2D eigenvalue weighted by Crippen LogP contribution is -2.38. The number of aromatic nitrogens is 2. The molecule has 0 aliphatic carbocycles. The highest BCUT2D eigenvalue weighted by atomic mass is 16.4. The number of anilines is 1. The van der Waals surface area contributed by atoms with Crippen LogP contribution in [0.1, 0.15) is 12.8 Å². The largest absolute Gasteiger partial charge is 0.481 e. The Morgan fingerprint density at radius 2 is 2.57 bits per heavy atom. The molecule has 1 fully saturated rings. The molecule has 0 saturated carbocycles. The fourth-order valence-electron chi connectivity index (χ4n) is 1.83. The summed E-state index contributed by atoms with van der Waals surface area (Å²) in [6.07, 6.45) is 5.24. The second-order valence-corrected chi connectivity index (χ2v) is 3.58. The van der Waals surface area contributed by atoms with E-state index in [1.807, 2.05) is 0 Å². The van der Waals surface area contributed by atoms with Crippen LogP contribution < -0.4 is 4.90 Å². The molecule has 0 aromatic carbocycles. The SMILES string of the molecule is O=C(O)C1CCCN(c2cn[nH]c2)C1. The number of piperidine rings is 1. The van der Waals surface area contributed by atoms with Crippen LogP contribution in [-0.2, 0) is 4.79 Å². The second-order valence-electron chi connectivity index (χ2n) is 3.58. The standard InChI is InChI=1S/C9H13N3O2/c13-9(14)7-2-1-3-12(6-7)8-4-10-11-5-8/h4-5,7H,1-3,6H2,(H,10,11)(H,13,14). The summed E-state index contributed by atoms with van der Waals surface area (Å²) < 4.78 is 0. The number of rotatable bonds is 2. The van der Waals surface area contributed by atoms with Crippen molar-refractivity contribution in [3.05, 3.63) is 12.4 Å². The molecule has 2 heterocycles. The van der Waals surface area contributed by atoms with E-state index in [4.69, 9.17) is 5.11 Å². The molecule has 14 heavy (non-hydrogen) atoms. The summed E-state index contributed by atoms with van der Waals surface area (Å²) in [6, 6.07) is 0. The van der Waals surface area contributed by atoms with Gasteiger partial charge in [-0.25, -0.2) is 0 Å². The topological polar surface area (TPSA) is 69.2 Å². The lowest BCUT2D eigenvalue weighted by Gasteiger charge is -2.31. The van der Waals surface area contributed by atoms with Crippen molar-refractivity contribution in [2.24, 2.45) is 5.92 Å². The number of carboxylic acids is 1. The third-order valence-electron chi connectivity index (χ3n) is 2.62. The summed E-state index contributed by atoms with van der Waals surface area (Å²) in [6.45, 7) is 1.51. The maximum absolute atomic E-state index is 10.8. The monoisotopic (exact) mass is 195 g/mol. The number of nitrogens with one attached hydrogen (secondary N) is 1. The molecule has 1 atom stereocenters. The molecule has 5 nitrogen and oxygen atoms in total. The fourth-order valence-corrected chi connectivity index (χ4v) is 1.83. The van der Waals surface area contributed by atoms with E-state index in [1.165, 1.54) is 0 Å². The summed E-state index contributed by atoms with van der Waals surface area (Å²) in [5.41, 5.74) is 0.982. The Balaban J connectivity index is 2.04. The molecule has 1 unspecified atom stereocenters. The highest BCUT2D eigenvalue weighted by Gasteiger charge is 2.25. The van der Waals surface area contributed by atoms with Crippen LogP contribution in [0.25, 0.3) is 0 Å². The number of H-pyrrole nitrogens is 1. The van der Waals surface area contributed by atoms with E-state index < -0.39 is 5.97 Å². The molecule has 1 saturated heterocycles. The Bertz CT molecular complexity index is 310. The molecule has 1 aliphatic heterocycles. The van der Waals surface area contributed by atoms with Gasteiger partial charge in [-0.3, -0.25) is 9.89 Å². The first-order valence-electron chi connectivity index (χ1n) is 4.74. The first kappa shape index (κ1) is 9.05. The van der Waals surface area contributed by atoms with Gasteiger partial charge in [0, 0.05) is 19.3 Å². The quantitative estimate of drug-likeness (QED) is 0.729. The third kappa shape index (κ3) is 1.71. The van der Waals surface area contributed by atoms with Crippen molar-refractivity contribution in [2.45, 2.75) is 12.8 Å². The highest BCUT2D eigenvalue weighted by molar-refractivity contribution is 5.71. The molecular formula is C9H13N3O2. The van der Waals surface area contributed by atoms with Crippen LogP contribution in [0, 0.1) is 5.92 Å². The van der Waals surface area contributed by atoms with E-state index in [-0.39, 0.29) is 5.92 Å². The first-order chi connectivity index (χ1) is 6.77. The van der Waals surface area contributed by atoms with Gasteiger partial charge in [0.25, 0.3) is 0 Å². The van der Waals surface area contributed by atoms with Gasteiger partial charge in [0.2, 0.25) is 0 Å². The number of carbonyl (C=O) groups is 1. The van der Waals surface area contributed by atoms with Gasteiger partial charge in [0.1, 0.15) is 0 Å². The maximum Gasteiger partial charge on any atom is 0.308 e. The van der Waals surface area contributed by atoms with Crippen LogP contribution in [0.2, 0.25) is 0 Å². The number of hydrogen-bond donors (Lipinski definition) is 2. The molecule has 1 aromatic heterocycles. The average molecular weight is 195 g/mol. The Morgan fingerprint density at radius 1 is 1.71 bits per heavy atom. The van der Waals surface area contributed by atoms with Gasteiger partial charge in [0.05, 0.1) is 17.8 Å². The Hall–Kier alpha value is -1.52. The van der Waals surface area contributed by atoms with Crippen molar-refractivity contribution < 1.29 is 9.90 Å². The summed E-state index contributed by atoms with van der Waals surface area (Å²) >= 11 is 0. The van der Waals surface area contributed by atoms with E-state index >= 15 is 0 Å². The molecule has 2 N–H and O–H groups in total. The zero-order valence-electron chi connectivity index (χ0n) is 7.81. The van der Waals surface area contributed by atoms with Crippen LogP contribution >= 0.6 is 0 Å². The molecule has 1 aromatic rings. The van der Waals surface area contributed by atoms with Gasteiger partial charge in [0.15, 0.2) is 0 Å². The van der Waals surface area contributed by atoms with E-state index in [0.29, 0.717) is 6.54 Å². The van der Waals surface area contributed by atoms with Crippen LogP contribution in [0.5, 0.6) is 0 Å². The van der Waals surface area contributed by atoms with Crippen LogP contribution in [0.4, 0.5) is 5.69 Å². The Kier molecular flexibility index (Phi) is 2.39. The van der Waals surface area contributed by atoms with Gasteiger partial charge in [-0.05, 0) is 12.8 Å². The van der Waals surface area contributed by atoms with Crippen molar-refractivity contribution in [3.8, 4) is 0 Å². The van der Waals surface area contributed by atoms with E-state index in [1.54, 1.807) is 12.4 Å². The summed E-state index contributed by atoms with van der Waals surface area (Å²) in [5, 5.41) is 15.5. The normalized spacial score (nSPS) is 22.3. The third-order valence-corrected chi connectivity index (χ3v) is 2.62. The van der Waals surface area contributed by atoms with Crippen molar-refractivity contribution in [1.82, 2.24) is 10.2 Å². The van der Waals surface area contributed by atoms with E-state index in [2.05, 4.69) is 15.1 Å². The Labute approximate surface area is 81.7 Å². The Morgan fingerprint density at radius 3 is 3.21 bits per heavy atom. The minimum Gasteiger partial charge on any atom is -0.481 e. The summed E-state index contributed by atoms with van der Waals surface area (Å²) in [7, 11) is 0. The molecule has 0 spiro atoms. The number of aromatic amines is 1. The minimum absolute atomic E-state index is 0.237. The second kappa shape index (κ2) is 3.69. The van der Waals surface area contributed by atoms with Crippen molar-refractivity contribution in [3.63, 3.8) is 0 Å². The van der Waals surface area contributed by atoms with E-state index in [0.717, 1.165) is 25.1 Å². The van der Waals surface area contributed by atoms with Crippen LogP contribution in [0.15, 0.2) is 12.4 Å². The zero-order chi connectivity index (χ0) is 9.97. The van der Waals surface area contributed by atoms with E-state index in [9.17, 15) is 4.79 Å². The van der Waals surface area contributed by atoms with Gasteiger partial charge in [-0.15, -0.1) is 0 Å². The molecular weight excluding hydrogens is 182 g/mol. The smallest absolute Gasteiger partial charge is 0.308 e. The van der Waals surface area contributed by atoms with Gasteiger partial charge < -0.3 is 10.0 Å². The number of hydrogen-bond acceptors (Lipinski definition) is 3. The summed E-state index contributed by atoms with van der Waals surface area (Å²) in [5.74, 6) is -0.933. The van der Waals surface area contributed by atoms with Crippen molar-refractivity contribution in [2.75, 3.05) is 18.0 Å². The minimum atomic E-state index is -0.696. The fraction of sp³-hybridized carbons (Fsp3) is 0.556. The summed E-state index contributed by atoms with van der Waals surface area (Å²) in [4.78, 5) is 12.9. The van der Waals surface area contributed by atoms with Crippen molar-refractivity contribution in [1.29, 1.82) is 0 Å². The number of aliphatic carboxylic acids is 1. The molecule has 0 bridgehead atoms. The zero-order valence-corrected chi connectivity index (χ0v) is 7.81. The lowest BCUT2D eigenvalue weighted by molar-refractivity contribution is -0.141. The lowest BCUT2D eigenvalue weighted by atomic mass is 9.98. The van der Waals surface area contributed by atoms with Gasteiger partial charge in [-0.2, -0.15) is 5.10 Å². The van der Waals surface area contributed by atoms with Crippen LogP contribution in [-0.4, -0.2) is 34.4 Å². The first-order valence-corrected chi connectivity index (χ1v) is 4.74. The van der Waals surface area contributed by atoms with Gasteiger partial charge >= 0.3 is 5.97 Å². The van der Waals surface area contributed by atoms with Crippen molar-refractivity contribution >= 4 is 11.7 Å². The predicted molar refractivity (Wildman–Crippen MR) is 51.2 cm³/mol. The molecule has 0 radical (unpaired) electrons. The molecule has 5 heteroatoms. The van der Waals surface area contributed by atoms with Crippen LogP contribution in [0.3, 0.4) is 0 Å². The molecule has 2 rings (SSSR count). The molecule has 1 aliphatic rings. The molecule has 0 amide bonds. The average Bonchev–Trinajstić information content (AvgIpc) is 2.71. The highest BCUT2D eigenvalue weighted by Crippen LogP contribution is 2.21. The number of nitrogens with zero attached hydrogens (tertiary/aromatic N) is 2. The predicted octanol–water partition coefficient (Wildman–Crippen LogP) is 0.711. The number of carboxylic acid groups (broad SMARTS) is 1.